The fourth-order valence-electron chi connectivity index (χ4n) is 3.65. The number of carbonyl (C=O) groups is 1. The summed E-state index contributed by atoms with van der Waals surface area (Å²) in [6, 6.07) is 16.2. The summed E-state index contributed by atoms with van der Waals surface area (Å²) >= 11 is 0. The minimum absolute atomic E-state index is 0.159. The van der Waals surface area contributed by atoms with Crippen LogP contribution in [-0.2, 0) is 9.53 Å². The van der Waals surface area contributed by atoms with Crippen LogP contribution in [0, 0.1) is 0 Å². The maximum absolute atomic E-state index is 12.2. The van der Waals surface area contributed by atoms with Gasteiger partial charge in [0.2, 0.25) is 0 Å². The molecule has 0 fully saturated rings. The first-order valence-electron chi connectivity index (χ1n) is 10.6. The van der Waals surface area contributed by atoms with E-state index in [1.165, 1.54) is 0 Å². The molecule has 1 aromatic heterocycles. The molecule has 1 heterocycles. The molecule has 0 unspecified atom stereocenters. The highest BCUT2D eigenvalue weighted by Gasteiger charge is 2.10. The lowest BCUT2D eigenvalue weighted by atomic mass is 10.1. The summed E-state index contributed by atoms with van der Waals surface area (Å²) in [6.45, 7) is 8.24. The highest BCUT2D eigenvalue weighted by atomic mass is 16.5. The van der Waals surface area contributed by atoms with Crippen LogP contribution in [0.2, 0.25) is 0 Å². The van der Waals surface area contributed by atoms with Crippen molar-refractivity contribution in [2.24, 2.45) is 0 Å². The number of esters is 1. The molecule has 0 spiro atoms. The molecule has 154 valence electrons. The summed E-state index contributed by atoms with van der Waals surface area (Å²) in [5, 5.41) is 5.58. The van der Waals surface area contributed by atoms with Crippen molar-refractivity contribution in [3.8, 4) is 0 Å². The van der Waals surface area contributed by atoms with Gasteiger partial charge in [-0.1, -0.05) is 50.2 Å². The molecule has 3 aromatic rings. The number of benzene rings is 2. The first-order chi connectivity index (χ1) is 14.2. The number of fused-ring (bicyclic) bond motifs is 2. The van der Waals surface area contributed by atoms with Crippen LogP contribution < -0.4 is 5.32 Å². The van der Waals surface area contributed by atoms with E-state index in [-0.39, 0.29) is 5.97 Å². The van der Waals surface area contributed by atoms with Crippen molar-refractivity contribution in [2.75, 3.05) is 38.1 Å². The van der Waals surface area contributed by atoms with E-state index in [1.54, 1.807) is 0 Å². The van der Waals surface area contributed by atoms with E-state index < -0.39 is 0 Å². The highest BCUT2D eigenvalue weighted by molar-refractivity contribution is 6.07. The molecule has 0 aliphatic rings. The Kier molecular flexibility index (Phi) is 7.82. The van der Waals surface area contributed by atoms with Gasteiger partial charge in [0.15, 0.2) is 0 Å². The van der Waals surface area contributed by atoms with Crippen LogP contribution in [0.5, 0.6) is 0 Å². The Balaban J connectivity index is 1.57. The number of hydrogen-bond acceptors (Lipinski definition) is 5. The molecule has 5 nitrogen and oxygen atoms in total. The zero-order valence-corrected chi connectivity index (χ0v) is 17.5. The minimum Gasteiger partial charge on any atom is -0.464 e. The maximum Gasteiger partial charge on any atom is 0.307 e. The van der Waals surface area contributed by atoms with E-state index in [0.29, 0.717) is 19.6 Å². The quantitative estimate of drug-likeness (QED) is 0.373. The van der Waals surface area contributed by atoms with Crippen molar-refractivity contribution >= 4 is 33.5 Å². The molecule has 0 saturated carbocycles. The fourth-order valence-corrected chi connectivity index (χ4v) is 3.65. The number of para-hydroxylation sites is 2. The van der Waals surface area contributed by atoms with Gasteiger partial charge >= 0.3 is 5.97 Å². The number of rotatable bonds is 11. The van der Waals surface area contributed by atoms with E-state index in [4.69, 9.17) is 9.72 Å². The molecule has 0 radical (unpaired) electrons. The number of carbonyl (C=O) groups excluding carboxylic acids is 1. The van der Waals surface area contributed by atoms with Gasteiger partial charge in [-0.25, -0.2) is 4.98 Å². The van der Waals surface area contributed by atoms with Crippen LogP contribution in [0.25, 0.3) is 21.8 Å². The Labute approximate surface area is 173 Å². The Morgan fingerprint density at radius 1 is 0.931 bits per heavy atom. The van der Waals surface area contributed by atoms with Gasteiger partial charge in [0.05, 0.1) is 23.1 Å². The van der Waals surface area contributed by atoms with Gasteiger partial charge in [0, 0.05) is 23.9 Å². The van der Waals surface area contributed by atoms with Gasteiger partial charge in [0.1, 0.15) is 6.61 Å². The molecule has 1 N–H and O–H groups in total. The van der Waals surface area contributed by atoms with Gasteiger partial charge in [-0.3, -0.25) is 9.69 Å². The smallest absolute Gasteiger partial charge is 0.307 e. The summed E-state index contributed by atoms with van der Waals surface area (Å²) in [7, 11) is 0. The minimum atomic E-state index is -0.159. The second-order valence-corrected chi connectivity index (χ2v) is 7.26. The van der Waals surface area contributed by atoms with Crippen molar-refractivity contribution in [1.29, 1.82) is 0 Å². The zero-order valence-electron chi connectivity index (χ0n) is 17.5. The molecule has 0 atom stereocenters. The lowest BCUT2D eigenvalue weighted by Crippen LogP contribution is -2.30. The number of pyridine rings is 1. The Morgan fingerprint density at radius 3 is 2.10 bits per heavy atom. The molecule has 3 rings (SSSR count). The third kappa shape index (κ3) is 5.67. The number of anilines is 1. The lowest BCUT2D eigenvalue weighted by molar-refractivity contribution is -0.143. The van der Waals surface area contributed by atoms with Gasteiger partial charge in [0.25, 0.3) is 0 Å². The van der Waals surface area contributed by atoms with Gasteiger partial charge in [-0.15, -0.1) is 0 Å². The SMILES string of the molecule is CCCN(CCC)CCOC(=O)CCNc1c2ccccc2nc2ccccc12. The van der Waals surface area contributed by atoms with Crippen LogP contribution in [0.3, 0.4) is 0 Å². The second kappa shape index (κ2) is 10.8. The molecular formula is C24H31N3O2. The van der Waals surface area contributed by atoms with E-state index in [9.17, 15) is 4.79 Å². The maximum atomic E-state index is 12.2. The third-order valence-corrected chi connectivity index (χ3v) is 4.97. The summed E-state index contributed by atoms with van der Waals surface area (Å²) in [5.74, 6) is -0.159. The van der Waals surface area contributed by atoms with Crippen LogP contribution in [-0.4, -0.2) is 48.6 Å². The van der Waals surface area contributed by atoms with Crippen LogP contribution in [0.4, 0.5) is 5.69 Å². The second-order valence-electron chi connectivity index (χ2n) is 7.26. The molecule has 5 heteroatoms. The van der Waals surface area contributed by atoms with E-state index in [1.807, 2.05) is 36.4 Å². The third-order valence-electron chi connectivity index (χ3n) is 4.97. The number of nitrogens with one attached hydrogen (secondary N) is 1. The van der Waals surface area contributed by atoms with Crippen LogP contribution >= 0.6 is 0 Å². The number of nitrogens with zero attached hydrogens (tertiary/aromatic N) is 2. The van der Waals surface area contributed by atoms with Crippen molar-refractivity contribution in [2.45, 2.75) is 33.1 Å². The van der Waals surface area contributed by atoms with Gasteiger partial charge in [-0.2, -0.15) is 0 Å². The Bertz CT molecular complexity index is 882. The first kappa shape index (κ1) is 21.1. The predicted octanol–water partition coefficient (Wildman–Crippen LogP) is 4.86. The molecule has 0 saturated heterocycles. The largest absolute Gasteiger partial charge is 0.464 e. The lowest BCUT2D eigenvalue weighted by Gasteiger charge is -2.20. The molecule has 0 aliphatic heterocycles. The Morgan fingerprint density at radius 2 is 1.52 bits per heavy atom. The first-order valence-corrected chi connectivity index (χ1v) is 10.6. The number of aromatic nitrogens is 1. The van der Waals surface area contributed by atoms with E-state index in [2.05, 4.69) is 36.2 Å². The average Bonchev–Trinajstić information content (AvgIpc) is 2.73. The van der Waals surface area contributed by atoms with Gasteiger partial charge < -0.3 is 10.1 Å². The van der Waals surface area contributed by atoms with E-state index in [0.717, 1.165) is 60.0 Å². The predicted molar refractivity (Wildman–Crippen MR) is 120 cm³/mol. The average molecular weight is 394 g/mol. The topological polar surface area (TPSA) is 54.5 Å². The van der Waals surface area contributed by atoms with Crippen molar-refractivity contribution in [3.63, 3.8) is 0 Å². The molecule has 0 amide bonds. The summed E-state index contributed by atoms with van der Waals surface area (Å²) in [6.07, 6.45) is 2.57. The summed E-state index contributed by atoms with van der Waals surface area (Å²) in [5.41, 5.74) is 2.92. The highest BCUT2D eigenvalue weighted by Crippen LogP contribution is 2.30. The number of ether oxygens (including phenoxy) is 1. The molecule has 29 heavy (non-hydrogen) atoms. The number of hydrogen-bond donors (Lipinski definition) is 1. The molecule has 0 bridgehead atoms. The molecule has 2 aromatic carbocycles. The van der Waals surface area contributed by atoms with E-state index >= 15 is 0 Å². The van der Waals surface area contributed by atoms with Gasteiger partial charge in [-0.05, 0) is 38.1 Å². The Hall–Kier alpha value is -2.66. The van der Waals surface area contributed by atoms with Crippen molar-refractivity contribution < 1.29 is 9.53 Å². The molecule has 0 aliphatic carbocycles. The monoisotopic (exact) mass is 393 g/mol. The summed E-state index contributed by atoms with van der Waals surface area (Å²) in [4.78, 5) is 19.2. The van der Waals surface area contributed by atoms with Crippen molar-refractivity contribution in [1.82, 2.24) is 9.88 Å². The zero-order chi connectivity index (χ0) is 20.5. The standard InChI is InChI=1S/C24H31N3O2/c1-3-15-27(16-4-2)17-18-29-23(28)13-14-25-24-19-9-5-7-11-21(19)26-22-12-8-6-10-20(22)24/h5-12H,3-4,13-18H2,1-2H3,(H,25,26). The van der Waals surface area contributed by atoms with Crippen LogP contribution in [0.15, 0.2) is 48.5 Å². The molecular weight excluding hydrogens is 362 g/mol. The normalized spacial score (nSPS) is 11.3. The summed E-state index contributed by atoms with van der Waals surface area (Å²) < 4.78 is 5.45. The van der Waals surface area contributed by atoms with Crippen LogP contribution in [0.1, 0.15) is 33.1 Å². The van der Waals surface area contributed by atoms with Crippen molar-refractivity contribution in [3.05, 3.63) is 48.5 Å². The fraction of sp³-hybridized carbons (Fsp3) is 0.417.